The van der Waals surface area contributed by atoms with Gasteiger partial charge in [0.1, 0.15) is 11.8 Å². The molecule has 1 aliphatic heterocycles. The van der Waals surface area contributed by atoms with Crippen LogP contribution in [0.3, 0.4) is 0 Å². The number of carboxylic acid groups (broad SMARTS) is 1. The average molecular weight is 320 g/mol. The van der Waals surface area contributed by atoms with Crippen LogP contribution in [-0.4, -0.2) is 48.1 Å². The highest BCUT2D eigenvalue weighted by Gasteiger charge is 2.40. The number of rotatable bonds is 6. The molecule has 1 aromatic carbocycles. The van der Waals surface area contributed by atoms with Crippen molar-refractivity contribution in [1.29, 1.82) is 0 Å². The van der Waals surface area contributed by atoms with Gasteiger partial charge in [0, 0.05) is 19.0 Å². The minimum Gasteiger partial charge on any atom is -0.497 e. The van der Waals surface area contributed by atoms with E-state index >= 15 is 0 Å². The van der Waals surface area contributed by atoms with E-state index in [1.54, 1.807) is 14.0 Å². The van der Waals surface area contributed by atoms with E-state index in [0.29, 0.717) is 13.0 Å². The van der Waals surface area contributed by atoms with Crippen molar-refractivity contribution in [3.63, 3.8) is 0 Å². The zero-order valence-corrected chi connectivity index (χ0v) is 13.6. The zero-order valence-electron chi connectivity index (χ0n) is 13.6. The lowest BCUT2D eigenvalue weighted by molar-refractivity contribution is -0.149. The second-order valence-corrected chi connectivity index (χ2v) is 6.14. The van der Waals surface area contributed by atoms with E-state index in [9.17, 15) is 14.7 Å². The molecule has 23 heavy (non-hydrogen) atoms. The van der Waals surface area contributed by atoms with Crippen molar-refractivity contribution in [3.05, 3.63) is 29.8 Å². The second-order valence-electron chi connectivity index (χ2n) is 6.14. The second kappa shape index (κ2) is 7.46. The maximum absolute atomic E-state index is 12.3. The van der Waals surface area contributed by atoms with Crippen LogP contribution in [0.2, 0.25) is 0 Å². The molecule has 0 aromatic heterocycles. The number of nitrogens with zero attached hydrogens (tertiary/aromatic N) is 1. The molecular formula is C17H24N2O4. The highest BCUT2D eigenvalue weighted by Crippen LogP contribution is 2.28. The van der Waals surface area contributed by atoms with Crippen molar-refractivity contribution >= 4 is 11.9 Å². The zero-order chi connectivity index (χ0) is 17.0. The topological polar surface area (TPSA) is 92.9 Å². The van der Waals surface area contributed by atoms with Gasteiger partial charge in [-0.15, -0.1) is 0 Å². The number of hydrogen-bond donors (Lipinski definition) is 2. The van der Waals surface area contributed by atoms with Crippen LogP contribution in [0.1, 0.15) is 18.9 Å². The SMILES string of the molecule is COc1ccc(C[C@@H]2C[C@@H](C(=O)O)N(C(=O)C(C)CN)C2)cc1. The number of carbonyl (C=O) groups is 2. The van der Waals surface area contributed by atoms with E-state index in [1.807, 2.05) is 24.3 Å². The normalized spacial score (nSPS) is 22.0. The van der Waals surface area contributed by atoms with Gasteiger partial charge in [-0.3, -0.25) is 4.79 Å². The van der Waals surface area contributed by atoms with Crippen LogP contribution in [0, 0.1) is 11.8 Å². The molecule has 1 unspecified atom stereocenters. The van der Waals surface area contributed by atoms with E-state index in [1.165, 1.54) is 4.90 Å². The molecule has 126 valence electrons. The molecule has 1 saturated heterocycles. The Kier molecular flexibility index (Phi) is 5.60. The van der Waals surface area contributed by atoms with E-state index in [4.69, 9.17) is 10.5 Å². The van der Waals surface area contributed by atoms with E-state index in [0.717, 1.165) is 17.7 Å². The third-order valence-corrected chi connectivity index (χ3v) is 4.41. The van der Waals surface area contributed by atoms with Crippen LogP contribution in [-0.2, 0) is 16.0 Å². The van der Waals surface area contributed by atoms with Gasteiger partial charge in [0.2, 0.25) is 5.91 Å². The molecule has 0 radical (unpaired) electrons. The molecule has 1 fully saturated rings. The maximum atomic E-state index is 12.3. The summed E-state index contributed by atoms with van der Waals surface area (Å²) in [7, 11) is 1.62. The van der Waals surface area contributed by atoms with Crippen molar-refractivity contribution in [3.8, 4) is 5.75 Å². The largest absolute Gasteiger partial charge is 0.497 e. The number of benzene rings is 1. The lowest BCUT2D eigenvalue weighted by Gasteiger charge is -2.24. The van der Waals surface area contributed by atoms with Gasteiger partial charge in [-0.05, 0) is 36.5 Å². The van der Waals surface area contributed by atoms with Crippen molar-refractivity contribution in [2.45, 2.75) is 25.8 Å². The molecule has 0 aliphatic carbocycles. The Balaban J connectivity index is 2.06. The summed E-state index contributed by atoms with van der Waals surface area (Å²) in [5.41, 5.74) is 6.65. The minimum atomic E-state index is -0.945. The van der Waals surface area contributed by atoms with E-state index in [2.05, 4.69) is 0 Å². The number of hydrogen-bond acceptors (Lipinski definition) is 4. The summed E-state index contributed by atoms with van der Waals surface area (Å²) in [6.07, 6.45) is 1.22. The van der Waals surface area contributed by atoms with Gasteiger partial charge in [0.15, 0.2) is 0 Å². The van der Waals surface area contributed by atoms with Crippen molar-refractivity contribution < 1.29 is 19.4 Å². The first kappa shape index (κ1) is 17.3. The number of nitrogens with two attached hydrogens (primary N) is 1. The minimum absolute atomic E-state index is 0.137. The van der Waals surface area contributed by atoms with Crippen LogP contribution in [0.5, 0.6) is 5.75 Å². The van der Waals surface area contributed by atoms with Crippen molar-refractivity contribution in [1.82, 2.24) is 4.90 Å². The number of amides is 1. The summed E-state index contributed by atoms with van der Waals surface area (Å²) in [5, 5.41) is 9.40. The van der Waals surface area contributed by atoms with E-state index < -0.39 is 12.0 Å². The lowest BCUT2D eigenvalue weighted by Crippen LogP contribution is -2.44. The number of carbonyl (C=O) groups excluding carboxylic acids is 1. The van der Waals surface area contributed by atoms with Gasteiger partial charge in [-0.25, -0.2) is 4.79 Å². The molecule has 6 heteroatoms. The number of aliphatic carboxylic acids is 1. The third-order valence-electron chi connectivity index (χ3n) is 4.41. The Labute approximate surface area is 136 Å². The monoisotopic (exact) mass is 320 g/mol. The lowest BCUT2D eigenvalue weighted by atomic mass is 9.97. The number of ether oxygens (including phenoxy) is 1. The van der Waals surface area contributed by atoms with Gasteiger partial charge in [0.05, 0.1) is 7.11 Å². The fourth-order valence-electron chi connectivity index (χ4n) is 3.03. The van der Waals surface area contributed by atoms with Gasteiger partial charge in [0.25, 0.3) is 0 Å². The van der Waals surface area contributed by atoms with Gasteiger partial charge in [-0.2, -0.15) is 0 Å². The molecule has 2 rings (SSSR count). The summed E-state index contributed by atoms with van der Waals surface area (Å²) in [4.78, 5) is 25.3. The summed E-state index contributed by atoms with van der Waals surface area (Å²) < 4.78 is 5.13. The number of carboxylic acids is 1. The third kappa shape index (κ3) is 4.01. The highest BCUT2D eigenvalue weighted by molar-refractivity contribution is 5.85. The van der Waals surface area contributed by atoms with Crippen LogP contribution in [0.4, 0.5) is 0 Å². The Hall–Kier alpha value is -2.08. The molecule has 6 nitrogen and oxygen atoms in total. The summed E-state index contributed by atoms with van der Waals surface area (Å²) in [6.45, 7) is 2.43. The fourth-order valence-corrected chi connectivity index (χ4v) is 3.03. The Morgan fingerprint density at radius 3 is 2.57 bits per heavy atom. The first-order valence-corrected chi connectivity index (χ1v) is 7.82. The van der Waals surface area contributed by atoms with Gasteiger partial charge < -0.3 is 20.5 Å². The molecule has 1 aromatic rings. The highest BCUT2D eigenvalue weighted by atomic mass is 16.5. The predicted octanol–water partition coefficient (Wildman–Crippen LogP) is 1.13. The Morgan fingerprint density at radius 1 is 1.39 bits per heavy atom. The summed E-state index contributed by atoms with van der Waals surface area (Å²) in [6, 6.07) is 6.97. The first-order valence-electron chi connectivity index (χ1n) is 7.82. The van der Waals surface area contributed by atoms with Crippen molar-refractivity contribution in [2.24, 2.45) is 17.6 Å². The van der Waals surface area contributed by atoms with Crippen LogP contribution in [0.15, 0.2) is 24.3 Å². The molecule has 3 atom stereocenters. The molecule has 1 amide bonds. The average Bonchev–Trinajstić information content (AvgIpc) is 2.98. The fraction of sp³-hybridized carbons (Fsp3) is 0.529. The summed E-state index contributed by atoms with van der Waals surface area (Å²) >= 11 is 0. The van der Waals surface area contributed by atoms with E-state index in [-0.39, 0.29) is 24.3 Å². The van der Waals surface area contributed by atoms with Gasteiger partial charge in [-0.1, -0.05) is 19.1 Å². The first-order chi connectivity index (χ1) is 11.0. The number of likely N-dealkylation sites (tertiary alicyclic amines) is 1. The van der Waals surface area contributed by atoms with Crippen LogP contribution in [0.25, 0.3) is 0 Å². The van der Waals surface area contributed by atoms with Gasteiger partial charge >= 0.3 is 5.97 Å². The van der Waals surface area contributed by atoms with Crippen LogP contribution >= 0.6 is 0 Å². The molecule has 3 N–H and O–H groups in total. The molecular weight excluding hydrogens is 296 g/mol. The quantitative estimate of drug-likeness (QED) is 0.820. The molecule has 0 saturated carbocycles. The predicted molar refractivity (Wildman–Crippen MR) is 86.2 cm³/mol. The van der Waals surface area contributed by atoms with Crippen molar-refractivity contribution in [2.75, 3.05) is 20.2 Å². The molecule has 0 spiro atoms. The molecule has 0 bridgehead atoms. The molecule has 1 aliphatic rings. The summed E-state index contributed by atoms with van der Waals surface area (Å²) in [5.74, 6) is -0.538. The Bertz CT molecular complexity index is 558. The standard InChI is InChI=1S/C17H24N2O4/c1-11(9-18)16(20)19-10-13(8-15(19)17(21)22)7-12-3-5-14(23-2)6-4-12/h3-6,11,13,15H,7-10,18H2,1-2H3,(H,21,22)/t11?,13-,15+/m1/s1. The molecule has 1 heterocycles. The smallest absolute Gasteiger partial charge is 0.326 e. The maximum Gasteiger partial charge on any atom is 0.326 e. The number of methoxy groups -OCH3 is 1. The Morgan fingerprint density at radius 2 is 2.04 bits per heavy atom. The van der Waals surface area contributed by atoms with Crippen LogP contribution < -0.4 is 10.5 Å².